The van der Waals surface area contributed by atoms with Crippen molar-refractivity contribution < 1.29 is 0 Å². The van der Waals surface area contributed by atoms with E-state index in [1.54, 1.807) is 0 Å². The molecule has 3 atom stereocenters. The molecule has 0 bridgehead atoms. The van der Waals surface area contributed by atoms with Gasteiger partial charge < -0.3 is 5.32 Å². The molecule has 1 N–H and O–H groups in total. The van der Waals surface area contributed by atoms with Crippen LogP contribution in [0.5, 0.6) is 0 Å². The monoisotopic (exact) mass is 283 g/mol. The number of thiophene rings is 1. The number of nitrogens with one attached hydrogen (secondary N) is 1. The molecule has 3 unspecified atom stereocenters. The minimum absolute atomic E-state index is 0.512. The number of hydrogen-bond acceptors (Lipinski definition) is 3. The van der Waals surface area contributed by atoms with Gasteiger partial charge in [0.25, 0.3) is 0 Å². The van der Waals surface area contributed by atoms with E-state index in [2.05, 4.69) is 50.0 Å². The van der Waals surface area contributed by atoms with Crippen molar-refractivity contribution in [2.24, 2.45) is 0 Å². The first-order valence-corrected chi connectivity index (χ1v) is 9.07. The van der Waals surface area contributed by atoms with Gasteiger partial charge in [-0.15, -0.1) is 11.3 Å². The predicted molar refractivity (Wildman–Crippen MR) is 84.8 cm³/mol. The van der Waals surface area contributed by atoms with E-state index >= 15 is 0 Å². The summed E-state index contributed by atoms with van der Waals surface area (Å²) in [4.78, 5) is 3.00. The van der Waals surface area contributed by atoms with Crippen molar-refractivity contribution in [1.29, 1.82) is 0 Å². The summed E-state index contributed by atoms with van der Waals surface area (Å²) in [6.07, 6.45) is 5.31. The first kappa shape index (κ1) is 14.4. The van der Waals surface area contributed by atoms with Crippen molar-refractivity contribution >= 4 is 23.1 Å². The maximum Gasteiger partial charge on any atom is 0.0388 e. The molecule has 102 valence electrons. The van der Waals surface area contributed by atoms with E-state index in [1.165, 1.54) is 34.8 Å². The molecule has 1 aliphatic carbocycles. The van der Waals surface area contributed by atoms with Gasteiger partial charge in [0.1, 0.15) is 0 Å². The maximum absolute atomic E-state index is 3.86. The van der Waals surface area contributed by atoms with Crippen LogP contribution in [0.15, 0.2) is 12.1 Å². The Morgan fingerprint density at radius 1 is 1.39 bits per heavy atom. The molecular formula is C15H25NS2. The summed E-state index contributed by atoms with van der Waals surface area (Å²) in [7, 11) is 0. The second-order valence-electron chi connectivity index (χ2n) is 5.08. The van der Waals surface area contributed by atoms with Crippen molar-refractivity contribution in [3.05, 3.63) is 21.9 Å². The molecule has 0 radical (unpaired) electrons. The fourth-order valence-corrected chi connectivity index (χ4v) is 4.92. The van der Waals surface area contributed by atoms with Crippen LogP contribution in [0.1, 0.15) is 55.8 Å². The summed E-state index contributed by atoms with van der Waals surface area (Å²) in [5.41, 5.74) is 0. The molecule has 1 aromatic rings. The lowest BCUT2D eigenvalue weighted by atomic mass is 10.2. The number of thioether (sulfide) groups is 1. The highest BCUT2D eigenvalue weighted by molar-refractivity contribution is 7.99. The van der Waals surface area contributed by atoms with Crippen molar-refractivity contribution in [1.82, 2.24) is 5.32 Å². The highest BCUT2D eigenvalue weighted by atomic mass is 32.2. The van der Waals surface area contributed by atoms with E-state index in [9.17, 15) is 0 Å². The van der Waals surface area contributed by atoms with Crippen molar-refractivity contribution in [2.45, 2.75) is 63.8 Å². The third kappa shape index (κ3) is 3.52. The zero-order valence-electron chi connectivity index (χ0n) is 11.7. The Morgan fingerprint density at radius 3 is 2.89 bits per heavy atom. The van der Waals surface area contributed by atoms with Gasteiger partial charge in [-0.05, 0) is 44.1 Å². The second kappa shape index (κ2) is 6.97. The Hall–Kier alpha value is 0.01000. The van der Waals surface area contributed by atoms with Crippen LogP contribution in [0.3, 0.4) is 0 Å². The normalized spacial score (nSPS) is 25.5. The lowest BCUT2D eigenvalue weighted by Gasteiger charge is -2.24. The van der Waals surface area contributed by atoms with Crippen molar-refractivity contribution in [2.75, 3.05) is 5.75 Å². The van der Waals surface area contributed by atoms with Gasteiger partial charge in [0, 0.05) is 27.1 Å². The summed E-state index contributed by atoms with van der Waals surface area (Å²) in [6, 6.07) is 5.82. The average Bonchev–Trinajstić information content (AvgIpc) is 2.99. The van der Waals surface area contributed by atoms with Gasteiger partial charge in [-0.25, -0.2) is 0 Å². The second-order valence-corrected chi connectivity index (χ2v) is 7.79. The molecule has 2 rings (SSSR count). The summed E-state index contributed by atoms with van der Waals surface area (Å²) in [5, 5.41) is 4.69. The Balaban J connectivity index is 1.91. The summed E-state index contributed by atoms with van der Waals surface area (Å²) >= 11 is 4.10. The molecule has 3 heteroatoms. The van der Waals surface area contributed by atoms with E-state index in [1.807, 2.05) is 11.3 Å². The van der Waals surface area contributed by atoms with Crippen LogP contribution >= 0.6 is 23.1 Å². The highest BCUT2D eigenvalue weighted by Crippen LogP contribution is 2.32. The minimum Gasteiger partial charge on any atom is -0.306 e. The molecule has 0 spiro atoms. The predicted octanol–water partition coefficient (Wildman–Crippen LogP) is 4.64. The third-order valence-electron chi connectivity index (χ3n) is 3.76. The Bertz CT molecular complexity index is 361. The van der Waals surface area contributed by atoms with E-state index in [4.69, 9.17) is 0 Å². The first-order valence-electron chi connectivity index (χ1n) is 7.20. The van der Waals surface area contributed by atoms with Crippen LogP contribution in [0.4, 0.5) is 0 Å². The van der Waals surface area contributed by atoms with Crippen molar-refractivity contribution in [3.63, 3.8) is 0 Å². The standard InChI is InChI=1S/C15H25NS2/c1-4-12-9-10-14(18-12)11(3)16-13-7-6-8-15(13)17-5-2/h9-11,13,15-16H,4-8H2,1-3H3. The van der Waals surface area contributed by atoms with Gasteiger partial charge in [-0.1, -0.05) is 20.3 Å². The Labute approximate surface area is 120 Å². The fraction of sp³-hybridized carbons (Fsp3) is 0.733. The van der Waals surface area contributed by atoms with Crippen LogP contribution < -0.4 is 5.32 Å². The van der Waals surface area contributed by atoms with Gasteiger partial charge >= 0.3 is 0 Å². The van der Waals surface area contributed by atoms with Crippen LogP contribution in [0.25, 0.3) is 0 Å². The van der Waals surface area contributed by atoms with Gasteiger partial charge in [-0.2, -0.15) is 11.8 Å². The topological polar surface area (TPSA) is 12.0 Å². The lowest BCUT2D eigenvalue weighted by molar-refractivity contribution is 0.472. The van der Waals surface area contributed by atoms with Gasteiger partial charge in [-0.3, -0.25) is 0 Å². The van der Waals surface area contributed by atoms with E-state index in [0.717, 1.165) is 17.7 Å². The average molecular weight is 284 g/mol. The molecule has 1 aliphatic rings. The van der Waals surface area contributed by atoms with Crippen LogP contribution in [-0.4, -0.2) is 17.0 Å². The molecule has 1 nitrogen and oxygen atoms in total. The summed E-state index contributed by atoms with van der Waals surface area (Å²) < 4.78 is 0. The Morgan fingerprint density at radius 2 is 2.22 bits per heavy atom. The Kier molecular flexibility index (Phi) is 5.58. The SMILES string of the molecule is CCSC1CCCC1NC(C)c1ccc(CC)s1. The summed E-state index contributed by atoms with van der Waals surface area (Å²) in [5.74, 6) is 1.25. The van der Waals surface area contributed by atoms with Crippen LogP contribution in [0.2, 0.25) is 0 Å². The molecule has 0 amide bonds. The fourth-order valence-electron chi connectivity index (χ4n) is 2.75. The van der Waals surface area contributed by atoms with Gasteiger partial charge in [0.15, 0.2) is 0 Å². The molecule has 0 saturated heterocycles. The largest absolute Gasteiger partial charge is 0.306 e. The van der Waals surface area contributed by atoms with E-state index in [-0.39, 0.29) is 0 Å². The van der Waals surface area contributed by atoms with E-state index in [0.29, 0.717) is 6.04 Å². The molecule has 1 aromatic heterocycles. The van der Waals surface area contributed by atoms with Crippen LogP contribution in [-0.2, 0) is 6.42 Å². The molecule has 1 heterocycles. The summed E-state index contributed by atoms with van der Waals surface area (Å²) in [6.45, 7) is 6.83. The third-order valence-corrected chi connectivity index (χ3v) is 6.49. The zero-order chi connectivity index (χ0) is 13.0. The molecule has 1 fully saturated rings. The molecule has 1 saturated carbocycles. The minimum atomic E-state index is 0.512. The zero-order valence-corrected chi connectivity index (χ0v) is 13.4. The van der Waals surface area contributed by atoms with Crippen molar-refractivity contribution in [3.8, 4) is 0 Å². The molecule has 0 aliphatic heterocycles. The number of rotatable bonds is 6. The number of aryl methyl sites for hydroxylation is 1. The first-order chi connectivity index (χ1) is 8.74. The van der Waals surface area contributed by atoms with Gasteiger partial charge in [0.05, 0.1) is 0 Å². The molecular weight excluding hydrogens is 258 g/mol. The number of hydrogen-bond donors (Lipinski definition) is 1. The quantitative estimate of drug-likeness (QED) is 0.816. The van der Waals surface area contributed by atoms with E-state index < -0.39 is 0 Å². The molecule has 18 heavy (non-hydrogen) atoms. The highest BCUT2D eigenvalue weighted by Gasteiger charge is 2.28. The maximum atomic E-state index is 3.86. The van der Waals surface area contributed by atoms with Crippen LogP contribution in [0, 0.1) is 0 Å². The van der Waals surface area contributed by atoms with Gasteiger partial charge in [0.2, 0.25) is 0 Å². The lowest BCUT2D eigenvalue weighted by Crippen LogP contribution is -2.35. The smallest absolute Gasteiger partial charge is 0.0388 e. The molecule has 0 aromatic carbocycles.